The second-order valence-corrected chi connectivity index (χ2v) is 3.02. The van der Waals surface area contributed by atoms with Gasteiger partial charge in [0.05, 0.1) is 4.47 Å². The van der Waals surface area contributed by atoms with E-state index in [1.807, 2.05) is 0 Å². The van der Waals surface area contributed by atoms with Gasteiger partial charge in [-0.1, -0.05) is 0 Å². The highest BCUT2D eigenvalue weighted by atomic mass is 79.9. The van der Waals surface area contributed by atoms with Gasteiger partial charge in [-0.2, -0.15) is 10.5 Å². The Balaban J connectivity index is 3.78. The van der Waals surface area contributed by atoms with E-state index in [4.69, 9.17) is 10.5 Å². The smallest absolute Gasteiger partial charge is 0.197 e. The molecule has 0 bridgehead atoms. The van der Waals surface area contributed by atoms with Crippen LogP contribution in [0.2, 0.25) is 0 Å². The Bertz CT molecular complexity index is 444. The Morgan fingerprint density at radius 1 is 0.857 bits per heavy atom. The van der Waals surface area contributed by atoms with Crippen LogP contribution < -0.4 is 0 Å². The summed E-state index contributed by atoms with van der Waals surface area (Å²) in [4.78, 5) is 0. The molecule has 0 aromatic heterocycles. The fourth-order valence-corrected chi connectivity index (χ4v) is 1.36. The minimum Gasteiger partial charge on any atom is -0.202 e. The number of hydrogen-bond donors (Lipinski definition) is 0. The molecule has 0 amide bonds. The van der Waals surface area contributed by atoms with E-state index in [2.05, 4.69) is 15.9 Å². The zero-order valence-corrected chi connectivity index (χ0v) is 7.99. The second kappa shape index (κ2) is 3.69. The van der Waals surface area contributed by atoms with E-state index in [1.165, 1.54) is 12.1 Å². The summed E-state index contributed by atoms with van der Waals surface area (Å²) in [5.41, 5.74) is -1.44. The van der Waals surface area contributed by atoms with Crippen LogP contribution in [0.1, 0.15) is 11.1 Å². The highest BCUT2D eigenvalue weighted by Gasteiger charge is 2.23. The van der Waals surface area contributed by atoms with Crippen LogP contribution in [0, 0.1) is 40.1 Å². The molecule has 70 valence electrons. The quantitative estimate of drug-likeness (QED) is 0.532. The van der Waals surface area contributed by atoms with E-state index in [9.17, 15) is 13.2 Å². The molecule has 1 rings (SSSR count). The topological polar surface area (TPSA) is 47.6 Å². The summed E-state index contributed by atoms with van der Waals surface area (Å²) in [6.07, 6.45) is 0. The van der Waals surface area contributed by atoms with Gasteiger partial charge in [0.1, 0.15) is 23.3 Å². The first kappa shape index (κ1) is 10.6. The van der Waals surface area contributed by atoms with Gasteiger partial charge in [0, 0.05) is 0 Å². The van der Waals surface area contributed by atoms with Crippen LogP contribution in [0.4, 0.5) is 13.2 Å². The fraction of sp³-hybridized carbons (Fsp3) is 0. The van der Waals surface area contributed by atoms with Gasteiger partial charge in [-0.3, -0.25) is 0 Å². The molecule has 6 heteroatoms. The zero-order chi connectivity index (χ0) is 10.9. The van der Waals surface area contributed by atoms with E-state index in [0.29, 0.717) is 0 Å². The van der Waals surface area contributed by atoms with Crippen LogP contribution in [0.25, 0.3) is 0 Å². The monoisotopic (exact) mass is 260 g/mol. The Labute approximate surface area is 85.3 Å². The van der Waals surface area contributed by atoms with E-state index in [0.717, 1.165) is 0 Å². The van der Waals surface area contributed by atoms with Crippen molar-refractivity contribution in [2.75, 3.05) is 0 Å². The molecule has 0 saturated carbocycles. The number of rotatable bonds is 0. The first-order chi connectivity index (χ1) is 6.54. The minimum atomic E-state index is -1.82. The Hall–Kier alpha value is -1.53. The summed E-state index contributed by atoms with van der Waals surface area (Å²) in [7, 11) is 0. The van der Waals surface area contributed by atoms with Gasteiger partial charge in [-0.25, -0.2) is 13.2 Å². The Morgan fingerprint density at radius 2 is 1.21 bits per heavy atom. The number of nitriles is 2. The molecule has 14 heavy (non-hydrogen) atoms. The first-order valence-electron chi connectivity index (χ1n) is 3.20. The van der Waals surface area contributed by atoms with Crippen LogP contribution >= 0.6 is 15.9 Å². The third-order valence-electron chi connectivity index (χ3n) is 1.49. The molecule has 0 atom stereocenters. The van der Waals surface area contributed by atoms with Crippen LogP contribution in [0.15, 0.2) is 4.47 Å². The predicted molar refractivity (Wildman–Crippen MR) is 43.4 cm³/mol. The van der Waals surface area contributed by atoms with Gasteiger partial charge < -0.3 is 0 Å². The maximum absolute atomic E-state index is 12.9. The SMILES string of the molecule is N#Cc1c(F)c(F)c(F)c(C#N)c1Br. The lowest BCUT2D eigenvalue weighted by Gasteiger charge is -2.02. The molecule has 1 aromatic rings. The van der Waals surface area contributed by atoms with Gasteiger partial charge in [-0.15, -0.1) is 0 Å². The molecule has 0 spiro atoms. The molecule has 0 aliphatic rings. The summed E-state index contributed by atoms with van der Waals surface area (Å²) in [6, 6.07) is 2.65. The highest BCUT2D eigenvalue weighted by molar-refractivity contribution is 9.10. The maximum Gasteiger partial charge on any atom is 0.197 e. The largest absolute Gasteiger partial charge is 0.202 e. The van der Waals surface area contributed by atoms with E-state index in [1.54, 1.807) is 0 Å². The average molecular weight is 261 g/mol. The molecular weight excluding hydrogens is 261 g/mol. The summed E-state index contributed by atoms with van der Waals surface area (Å²) in [5.74, 6) is -5.02. The molecule has 0 fully saturated rings. The summed E-state index contributed by atoms with van der Waals surface area (Å²) in [6.45, 7) is 0. The van der Waals surface area contributed by atoms with E-state index >= 15 is 0 Å². The van der Waals surface area contributed by atoms with Crippen molar-refractivity contribution in [2.24, 2.45) is 0 Å². The molecule has 0 heterocycles. The van der Waals surface area contributed by atoms with Crippen molar-refractivity contribution in [1.82, 2.24) is 0 Å². The van der Waals surface area contributed by atoms with Crippen LogP contribution in [-0.2, 0) is 0 Å². The predicted octanol–water partition coefficient (Wildman–Crippen LogP) is 2.61. The number of benzene rings is 1. The van der Waals surface area contributed by atoms with Gasteiger partial charge in [0.25, 0.3) is 0 Å². The molecule has 0 aliphatic heterocycles. The first-order valence-corrected chi connectivity index (χ1v) is 4.00. The van der Waals surface area contributed by atoms with Gasteiger partial charge in [-0.05, 0) is 15.9 Å². The van der Waals surface area contributed by atoms with Crippen LogP contribution in [0.3, 0.4) is 0 Å². The number of nitrogens with zero attached hydrogens (tertiary/aromatic N) is 2. The van der Waals surface area contributed by atoms with E-state index < -0.39 is 28.6 Å². The molecule has 0 radical (unpaired) electrons. The van der Waals surface area contributed by atoms with Crippen LogP contribution in [-0.4, -0.2) is 0 Å². The van der Waals surface area contributed by atoms with Crippen LogP contribution in [0.5, 0.6) is 0 Å². The molecular formula is C8BrF3N2. The molecule has 0 N–H and O–H groups in total. The van der Waals surface area contributed by atoms with Gasteiger partial charge in [0.2, 0.25) is 0 Å². The van der Waals surface area contributed by atoms with Crippen molar-refractivity contribution >= 4 is 15.9 Å². The zero-order valence-electron chi connectivity index (χ0n) is 6.41. The average Bonchev–Trinajstić information content (AvgIpc) is 2.16. The normalized spacial score (nSPS) is 9.29. The van der Waals surface area contributed by atoms with Crippen molar-refractivity contribution in [2.45, 2.75) is 0 Å². The third-order valence-corrected chi connectivity index (χ3v) is 2.28. The van der Waals surface area contributed by atoms with Gasteiger partial charge in [0.15, 0.2) is 17.5 Å². The molecule has 0 unspecified atom stereocenters. The Morgan fingerprint density at radius 3 is 1.50 bits per heavy atom. The Kier molecular flexibility index (Phi) is 2.78. The molecule has 0 aliphatic carbocycles. The number of hydrogen-bond acceptors (Lipinski definition) is 2. The number of halogens is 4. The fourth-order valence-electron chi connectivity index (χ4n) is 0.830. The van der Waals surface area contributed by atoms with Crippen molar-refractivity contribution < 1.29 is 13.2 Å². The lowest BCUT2D eigenvalue weighted by atomic mass is 10.1. The minimum absolute atomic E-state index is 0.376. The van der Waals surface area contributed by atoms with Crippen molar-refractivity contribution in [3.8, 4) is 12.1 Å². The summed E-state index contributed by atoms with van der Waals surface area (Å²) in [5, 5.41) is 16.8. The van der Waals surface area contributed by atoms with E-state index in [-0.39, 0.29) is 4.47 Å². The standard InChI is InChI=1S/C8BrF3N2/c9-5-3(1-13)6(10)8(12)7(11)4(5)2-14. The molecule has 0 saturated heterocycles. The highest BCUT2D eigenvalue weighted by Crippen LogP contribution is 2.28. The lowest BCUT2D eigenvalue weighted by molar-refractivity contribution is 0.443. The van der Waals surface area contributed by atoms with Gasteiger partial charge >= 0.3 is 0 Å². The maximum atomic E-state index is 12.9. The second-order valence-electron chi connectivity index (χ2n) is 2.23. The molecule has 1 aromatic carbocycles. The van der Waals surface area contributed by atoms with Crippen molar-refractivity contribution in [3.63, 3.8) is 0 Å². The lowest BCUT2D eigenvalue weighted by Crippen LogP contribution is -2.00. The summed E-state index contributed by atoms with van der Waals surface area (Å²) < 4.78 is 38.1. The molecule has 2 nitrogen and oxygen atoms in total. The third kappa shape index (κ3) is 1.34. The summed E-state index contributed by atoms with van der Waals surface area (Å²) >= 11 is 2.65. The van der Waals surface area contributed by atoms with Crippen molar-refractivity contribution in [3.05, 3.63) is 33.1 Å². The van der Waals surface area contributed by atoms with Crippen molar-refractivity contribution in [1.29, 1.82) is 10.5 Å².